The monoisotopic (exact) mass is 278 g/mol. The molecule has 0 radical (unpaired) electrons. The van der Waals surface area contributed by atoms with Gasteiger partial charge in [0.05, 0.1) is 41.8 Å². The van der Waals surface area contributed by atoms with Gasteiger partial charge in [0.1, 0.15) is 0 Å². The highest BCUT2D eigenvalue weighted by molar-refractivity contribution is 6.35. The van der Waals surface area contributed by atoms with Crippen LogP contribution in [0.25, 0.3) is 0 Å². The van der Waals surface area contributed by atoms with Crippen LogP contribution in [0.2, 0.25) is 0 Å². The lowest BCUT2D eigenvalue weighted by molar-refractivity contribution is -0.468. The molecule has 0 amide bonds. The summed E-state index contributed by atoms with van der Waals surface area (Å²) in [5.74, 6) is 1.60. The van der Waals surface area contributed by atoms with Crippen molar-refractivity contribution >= 4 is 11.7 Å². The summed E-state index contributed by atoms with van der Waals surface area (Å²) >= 11 is 0. The van der Waals surface area contributed by atoms with E-state index in [1.54, 1.807) is 7.11 Å². The number of benzene rings is 1. The second-order valence-corrected chi connectivity index (χ2v) is 4.42. The Morgan fingerprint density at radius 1 is 1.15 bits per heavy atom. The lowest BCUT2D eigenvalue weighted by atomic mass is 10.2. The molecule has 1 aromatic rings. The molecule has 0 aromatic heterocycles. The van der Waals surface area contributed by atoms with Gasteiger partial charge in [0.15, 0.2) is 0 Å². The molecule has 0 saturated carbocycles. The second kappa shape index (κ2) is 10.0. The van der Waals surface area contributed by atoms with Crippen molar-refractivity contribution < 1.29 is 9.31 Å². The molecule has 0 bridgehead atoms. The Hall–Kier alpha value is -1.84. The van der Waals surface area contributed by atoms with Gasteiger partial charge in [0.2, 0.25) is 0 Å². The second-order valence-electron chi connectivity index (χ2n) is 4.42. The SMILES string of the molecule is CC.COC(=NCc1ccccc1)C(N(C)C)=[N+](C)C. The van der Waals surface area contributed by atoms with Crippen LogP contribution < -0.4 is 0 Å². The van der Waals surface area contributed by atoms with Crippen LogP contribution in [0, 0.1) is 0 Å². The molecule has 0 N–H and O–H groups in total. The van der Waals surface area contributed by atoms with E-state index in [0.29, 0.717) is 12.4 Å². The smallest absolute Gasteiger partial charge is 0.334 e. The lowest BCUT2D eigenvalue weighted by Gasteiger charge is -2.12. The number of nitrogens with zero attached hydrogens (tertiary/aromatic N) is 3. The van der Waals surface area contributed by atoms with E-state index < -0.39 is 0 Å². The fraction of sp³-hybridized carbons (Fsp3) is 0.500. The maximum atomic E-state index is 5.39. The van der Waals surface area contributed by atoms with Gasteiger partial charge in [-0.2, -0.15) is 0 Å². The topological polar surface area (TPSA) is 27.8 Å². The highest BCUT2D eigenvalue weighted by Gasteiger charge is 2.20. The quantitative estimate of drug-likeness (QED) is 0.472. The van der Waals surface area contributed by atoms with Gasteiger partial charge in [-0.15, -0.1) is 0 Å². The predicted molar refractivity (Wildman–Crippen MR) is 86.7 cm³/mol. The zero-order valence-electron chi connectivity index (χ0n) is 13.8. The minimum absolute atomic E-state index is 0.620. The predicted octanol–water partition coefficient (Wildman–Crippen LogP) is 2.49. The number of hydrogen-bond acceptors (Lipinski definition) is 2. The van der Waals surface area contributed by atoms with E-state index in [9.17, 15) is 0 Å². The molecule has 0 saturated heterocycles. The first kappa shape index (κ1) is 18.2. The van der Waals surface area contributed by atoms with E-state index in [0.717, 1.165) is 5.84 Å². The summed E-state index contributed by atoms with van der Waals surface area (Å²) in [5, 5.41) is 0. The van der Waals surface area contributed by atoms with E-state index in [-0.39, 0.29) is 0 Å². The summed E-state index contributed by atoms with van der Waals surface area (Å²) in [6, 6.07) is 10.1. The summed E-state index contributed by atoms with van der Waals surface area (Å²) in [6.07, 6.45) is 0. The van der Waals surface area contributed by atoms with E-state index >= 15 is 0 Å². The molecule has 0 aliphatic heterocycles. The molecule has 0 heterocycles. The Morgan fingerprint density at radius 2 is 1.70 bits per heavy atom. The number of rotatable bonds is 2. The van der Waals surface area contributed by atoms with Crippen LogP contribution in [0.1, 0.15) is 19.4 Å². The Morgan fingerprint density at radius 3 is 2.10 bits per heavy atom. The molecule has 0 spiro atoms. The molecule has 0 unspecified atom stereocenters. The summed E-state index contributed by atoms with van der Waals surface area (Å²) in [4.78, 5) is 6.52. The molecule has 0 aliphatic carbocycles. The van der Waals surface area contributed by atoms with E-state index in [1.165, 1.54) is 5.56 Å². The van der Waals surface area contributed by atoms with E-state index in [1.807, 2.05) is 69.7 Å². The minimum Gasteiger partial charge on any atom is -0.475 e. The molecular formula is C16H28N3O+. The van der Waals surface area contributed by atoms with Gasteiger partial charge >= 0.3 is 11.7 Å². The zero-order valence-corrected chi connectivity index (χ0v) is 13.8. The van der Waals surface area contributed by atoms with Crippen LogP contribution in [-0.2, 0) is 11.3 Å². The Bertz CT molecular complexity index is 432. The van der Waals surface area contributed by atoms with Crippen molar-refractivity contribution in [3.8, 4) is 0 Å². The molecule has 112 valence electrons. The number of methoxy groups -OCH3 is 1. The molecule has 4 nitrogen and oxygen atoms in total. The number of ether oxygens (including phenoxy) is 1. The normalized spacial score (nSPS) is 10.2. The maximum Gasteiger partial charge on any atom is 0.334 e. The van der Waals surface area contributed by atoms with Crippen LogP contribution >= 0.6 is 0 Å². The van der Waals surface area contributed by atoms with Crippen LogP contribution in [0.4, 0.5) is 0 Å². The Balaban J connectivity index is 0.00000172. The van der Waals surface area contributed by atoms with Crippen molar-refractivity contribution in [1.82, 2.24) is 4.90 Å². The molecular weight excluding hydrogens is 250 g/mol. The summed E-state index contributed by atoms with van der Waals surface area (Å²) in [7, 11) is 9.56. The minimum atomic E-state index is 0.620. The van der Waals surface area contributed by atoms with Crippen molar-refractivity contribution in [2.24, 2.45) is 4.99 Å². The Kier molecular flexibility index (Phi) is 9.09. The number of likely N-dealkylation sites (N-methyl/N-ethyl adjacent to an activating group) is 1. The first-order chi connectivity index (χ1) is 9.56. The average Bonchev–Trinajstić information content (AvgIpc) is 2.45. The maximum absolute atomic E-state index is 5.39. The first-order valence-electron chi connectivity index (χ1n) is 6.90. The molecule has 0 atom stereocenters. The third-order valence-corrected chi connectivity index (χ3v) is 2.48. The first-order valence-corrected chi connectivity index (χ1v) is 6.90. The van der Waals surface area contributed by atoms with Gasteiger partial charge < -0.3 is 4.74 Å². The van der Waals surface area contributed by atoms with Gasteiger partial charge in [0.25, 0.3) is 0 Å². The lowest BCUT2D eigenvalue weighted by Crippen LogP contribution is -2.37. The van der Waals surface area contributed by atoms with E-state index in [4.69, 9.17) is 4.74 Å². The molecule has 0 aliphatic rings. The Labute approximate surface area is 123 Å². The fourth-order valence-electron chi connectivity index (χ4n) is 1.76. The fourth-order valence-corrected chi connectivity index (χ4v) is 1.76. The van der Waals surface area contributed by atoms with E-state index in [2.05, 4.69) is 17.1 Å². The van der Waals surface area contributed by atoms with Crippen LogP contribution in [-0.4, -0.2) is 56.5 Å². The van der Waals surface area contributed by atoms with Crippen molar-refractivity contribution in [3.05, 3.63) is 35.9 Å². The summed E-state index contributed by atoms with van der Waals surface area (Å²) < 4.78 is 7.38. The van der Waals surface area contributed by atoms with Crippen molar-refractivity contribution in [2.75, 3.05) is 35.3 Å². The van der Waals surface area contributed by atoms with Crippen molar-refractivity contribution in [2.45, 2.75) is 20.4 Å². The van der Waals surface area contributed by atoms with Crippen LogP contribution in [0.15, 0.2) is 35.3 Å². The zero-order chi connectivity index (χ0) is 15.5. The van der Waals surface area contributed by atoms with Gasteiger partial charge in [-0.25, -0.2) is 4.99 Å². The molecule has 1 rings (SSSR count). The van der Waals surface area contributed by atoms with Crippen molar-refractivity contribution in [1.29, 1.82) is 0 Å². The largest absolute Gasteiger partial charge is 0.475 e. The summed E-state index contributed by atoms with van der Waals surface area (Å²) in [5.41, 5.74) is 1.17. The molecule has 4 heteroatoms. The van der Waals surface area contributed by atoms with Gasteiger partial charge in [-0.05, 0) is 5.56 Å². The number of amidine groups is 1. The molecule has 0 fully saturated rings. The van der Waals surface area contributed by atoms with Gasteiger partial charge in [-0.3, -0.25) is 9.48 Å². The average molecular weight is 278 g/mol. The molecule has 20 heavy (non-hydrogen) atoms. The third kappa shape index (κ3) is 5.87. The number of hydrogen-bond donors (Lipinski definition) is 0. The third-order valence-electron chi connectivity index (χ3n) is 2.48. The van der Waals surface area contributed by atoms with Crippen LogP contribution in [0.3, 0.4) is 0 Å². The van der Waals surface area contributed by atoms with Crippen LogP contribution in [0.5, 0.6) is 0 Å². The highest BCUT2D eigenvalue weighted by atomic mass is 16.5. The summed E-state index contributed by atoms with van der Waals surface area (Å²) in [6.45, 7) is 4.62. The number of aliphatic imine (C=N–C) groups is 1. The highest BCUT2D eigenvalue weighted by Crippen LogP contribution is 2.01. The van der Waals surface area contributed by atoms with Crippen molar-refractivity contribution in [3.63, 3.8) is 0 Å². The molecule has 1 aromatic carbocycles. The van der Waals surface area contributed by atoms with Gasteiger partial charge in [-0.1, -0.05) is 44.2 Å². The van der Waals surface area contributed by atoms with Gasteiger partial charge in [0, 0.05) is 0 Å². The standard InChI is InChI=1S/C14H22N3O.C2H6/c1-16(2)14(17(3)4)13(18-5)15-11-12-9-7-6-8-10-12;1-2/h6-10H,11H2,1-5H3;1-2H3/q+1;.